The fraction of sp³-hybridized carbons (Fsp3) is 0.636. The number of alkyl halides is 5. The summed E-state index contributed by atoms with van der Waals surface area (Å²) in [5.41, 5.74) is 6.70. The maximum atomic E-state index is 13.3. The predicted molar refractivity (Wildman–Crippen MR) is 112 cm³/mol. The van der Waals surface area contributed by atoms with E-state index in [2.05, 4.69) is 19.7 Å². The number of hydrogen-bond acceptors (Lipinski definition) is 6. The predicted octanol–water partition coefficient (Wildman–Crippen LogP) is 3.91. The Morgan fingerprint density at radius 3 is 2.53 bits per heavy atom. The summed E-state index contributed by atoms with van der Waals surface area (Å²) in [5, 5.41) is 4.32. The van der Waals surface area contributed by atoms with Crippen LogP contribution in [-0.4, -0.2) is 64.8 Å². The molecule has 2 aromatic heterocycles. The maximum absolute atomic E-state index is 13.3. The first-order valence-corrected chi connectivity index (χ1v) is 11.4. The molecule has 2 N–H and O–H groups in total. The zero-order valence-corrected chi connectivity index (χ0v) is 18.3. The Labute approximate surface area is 193 Å². The zero-order chi connectivity index (χ0) is 24.0. The van der Waals surface area contributed by atoms with Crippen LogP contribution in [0.5, 0.6) is 5.75 Å². The Balaban J connectivity index is 1.40. The number of pyridine rings is 1. The molecule has 0 radical (unpaired) electrons. The quantitative estimate of drug-likeness (QED) is 0.623. The van der Waals surface area contributed by atoms with E-state index in [0.717, 1.165) is 51.6 Å². The highest BCUT2D eigenvalue weighted by molar-refractivity contribution is 5.64. The van der Waals surface area contributed by atoms with E-state index in [1.165, 1.54) is 10.9 Å². The van der Waals surface area contributed by atoms with E-state index in [0.29, 0.717) is 23.6 Å². The molecular formula is C22H26F5N5O2. The molecule has 3 fully saturated rings. The molecule has 3 aliphatic rings. The fourth-order valence-corrected chi connectivity index (χ4v) is 5.91. The van der Waals surface area contributed by atoms with Crippen molar-refractivity contribution in [1.29, 1.82) is 0 Å². The third-order valence-corrected chi connectivity index (χ3v) is 7.24. The summed E-state index contributed by atoms with van der Waals surface area (Å²) < 4.78 is 75.5. The van der Waals surface area contributed by atoms with Crippen molar-refractivity contribution in [2.24, 2.45) is 11.8 Å². The summed E-state index contributed by atoms with van der Waals surface area (Å²) in [6.07, 6.45) is -3.36. The summed E-state index contributed by atoms with van der Waals surface area (Å²) in [6, 6.07) is 3.27. The second kappa shape index (κ2) is 8.95. The molecular weight excluding hydrogens is 461 g/mol. The van der Waals surface area contributed by atoms with Gasteiger partial charge in [-0.1, -0.05) is 0 Å². The molecule has 2 aliphatic carbocycles. The second-order valence-corrected chi connectivity index (χ2v) is 9.23. The molecule has 34 heavy (non-hydrogen) atoms. The lowest BCUT2D eigenvalue weighted by Crippen LogP contribution is -2.46. The highest BCUT2D eigenvalue weighted by Gasteiger charge is 2.49. The molecule has 2 unspecified atom stereocenters. The zero-order valence-electron chi connectivity index (χ0n) is 18.3. The maximum Gasteiger partial charge on any atom is 0.573 e. The van der Waals surface area contributed by atoms with Gasteiger partial charge in [0, 0.05) is 42.5 Å². The van der Waals surface area contributed by atoms with Gasteiger partial charge >= 0.3 is 6.36 Å². The smallest absolute Gasteiger partial charge is 0.402 e. The van der Waals surface area contributed by atoms with E-state index in [1.54, 1.807) is 6.07 Å². The molecule has 3 heterocycles. The van der Waals surface area contributed by atoms with Crippen molar-refractivity contribution < 1.29 is 31.4 Å². The average molecular weight is 487 g/mol. The lowest BCUT2D eigenvalue weighted by molar-refractivity contribution is -0.274. The molecule has 0 amide bonds. The van der Waals surface area contributed by atoms with Gasteiger partial charge in [0.05, 0.1) is 18.9 Å². The van der Waals surface area contributed by atoms with Crippen LogP contribution in [0.15, 0.2) is 18.3 Å². The summed E-state index contributed by atoms with van der Waals surface area (Å²) >= 11 is 0. The second-order valence-electron chi connectivity index (χ2n) is 9.23. The minimum absolute atomic E-state index is 0.0786. The van der Waals surface area contributed by atoms with Crippen LogP contribution >= 0.6 is 0 Å². The Hall–Kier alpha value is -2.47. The van der Waals surface area contributed by atoms with Crippen molar-refractivity contribution in [2.45, 2.75) is 50.6 Å². The number of nitrogens with zero attached hydrogens (tertiary/aromatic N) is 4. The van der Waals surface area contributed by atoms with Crippen LogP contribution < -0.4 is 10.5 Å². The van der Waals surface area contributed by atoms with Crippen molar-refractivity contribution in [3.05, 3.63) is 24.0 Å². The molecule has 2 aromatic rings. The largest absolute Gasteiger partial charge is 0.573 e. The van der Waals surface area contributed by atoms with Gasteiger partial charge in [0.25, 0.3) is 6.43 Å². The van der Waals surface area contributed by atoms with Crippen molar-refractivity contribution in [3.8, 4) is 17.0 Å². The van der Waals surface area contributed by atoms with Gasteiger partial charge in [-0.15, -0.1) is 13.2 Å². The molecule has 5 rings (SSSR count). The number of fused-ring (bicyclic) bond motifs is 2. The van der Waals surface area contributed by atoms with Crippen LogP contribution in [0, 0.1) is 11.8 Å². The first kappa shape index (κ1) is 23.3. The first-order valence-electron chi connectivity index (χ1n) is 11.4. The SMILES string of the molecule is Nc1ncc(-c2cc([C@@H]3CC4C[C@H]3CC4N3CCOCC3)n(CC(F)F)n2)cc1OC(F)(F)F. The van der Waals surface area contributed by atoms with Crippen LogP contribution in [0.25, 0.3) is 11.3 Å². The van der Waals surface area contributed by atoms with E-state index in [9.17, 15) is 22.0 Å². The Morgan fingerprint density at radius 2 is 1.88 bits per heavy atom. The van der Waals surface area contributed by atoms with Gasteiger partial charge in [0.1, 0.15) is 6.54 Å². The number of ether oxygens (including phenoxy) is 2. The number of anilines is 1. The Kier molecular flexibility index (Phi) is 6.13. The van der Waals surface area contributed by atoms with Crippen molar-refractivity contribution in [3.63, 3.8) is 0 Å². The van der Waals surface area contributed by atoms with Gasteiger partial charge in [-0.05, 0) is 43.2 Å². The number of nitrogens with two attached hydrogens (primary N) is 1. The van der Waals surface area contributed by atoms with E-state index in [-0.39, 0.29) is 17.2 Å². The molecule has 2 bridgehead atoms. The Morgan fingerprint density at radius 1 is 1.12 bits per heavy atom. The van der Waals surface area contributed by atoms with Gasteiger partial charge in [-0.2, -0.15) is 5.10 Å². The number of halogens is 5. The van der Waals surface area contributed by atoms with Gasteiger partial charge in [-0.3, -0.25) is 9.58 Å². The number of morpholine rings is 1. The van der Waals surface area contributed by atoms with Crippen LogP contribution in [0.4, 0.5) is 27.8 Å². The van der Waals surface area contributed by atoms with E-state index >= 15 is 0 Å². The number of rotatable bonds is 6. The summed E-state index contributed by atoms with van der Waals surface area (Å²) in [7, 11) is 0. The van der Waals surface area contributed by atoms with Crippen molar-refractivity contribution >= 4 is 5.82 Å². The van der Waals surface area contributed by atoms with Crippen LogP contribution in [-0.2, 0) is 11.3 Å². The molecule has 186 valence electrons. The average Bonchev–Trinajstić information content (AvgIpc) is 3.49. The number of nitrogen functional groups attached to an aromatic ring is 1. The standard InChI is InChI=1S/C22H26F5N5O2/c23-20(24)11-32-18(15-6-13-5-12(15)7-17(13)31-1-3-33-4-2-31)9-16(30-32)14-8-19(21(28)29-10-14)34-22(25,26)27/h8-10,12-13,15,17,20H,1-7,11H2,(H2,28,29)/t12-,13?,15+,17?/m0/s1. The van der Waals surface area contributed by atoms with E-state index in [4.69, 9.17) is 10.5 Å². The van der Waals surface area contributed by atoms with E-state index in [1.807, 2.05) is 0 Å². The molecule has 1 aliphatic heterocycles. The first-order chi connectivity index (χ1) is 16.2. The monoisotopic (exact) mass is 487 g/mol. The summed E-state index contributed by atoms with van der Waals surface area (Å²) in [4.78, 5) is 6.26. The third-order valence-electron chi connectivity index (χ3n) is 7.24. The molecule has 2 saturated carbocycles. The number of hydrogen-bond donors (Lipinski definition) is 1. The van der Waals surface area contributed by atoms with Gasteiger partial charge in [-0.25, -0.2) is 13.8 Å². The molecule has 4 atom stereocenters. The van der Waals surface area contributed by atoms with Gasteiger partial charge in [0.2, 0.25) is 0 Å². The van der Waals surface area contributed by atoms with E-state index < -0.39 is 30.9 Å². The summed E-state index contributed by atoms with van der Waals surface area (Å²) in [5.74, 6) is -0.155. The van der Waals surface area contributed by atoms with Crippen LogP contribution in [0.3, 0.4) is 0 Å². The minimum Gasteiger partial charge on any atom is -0.402 e. The summed E-state index contributed by atoms with van der Waals surface area (Å²) in [6.45, 7) is 2.72. The molecule has 7 nitrogen and oxygen atoms in total. The normalized spacial score (nSPS) is 27.6. The lowest BCUT2D eigenvalue weighted by Gasteiger charge is -2.38. The minimum atomic E-state index is -4.94. The molecule has 0 spiro atoms. The highest BCUT2D eigenvalue weighted by atomic mass is 19.4. The van der Waals surface area contributed by atoms with Gasteiger partial charge < -0.3 is 15.2 Å². The molecule has 12 heteroatoms. The van der Waals surface area contributed by atoms with Crippen LogP contribution in [0.1, 0.15) is 30.9 Å². The fourth-order valence-electron chi connectivity index (χ4n) is 5.91. The topological polar surface area (TPSA) is 78.4 Å². The molecule has 1 saturated heterocycles. The highest BCUT2D eigenvalue weighted by Crippen LogP contribution is 2.54. The van der Waals surface area contributed by atoms with Crippen LogP contribution in [0.2, 0.25) is 0 Å². The lowest BCUT2D eigenvalue weighted by atomic mass is 9.83. The third kappa shape index (κ3) is 4.70. The van der Waals surface area contributed by atoms with Crippen molar-refractivity contribution in [1.82, 2.24) is 19.7 Å². The van der Waals surface area contributed by atoms with Gasteiger partial charge in [0.15, 0.2) is 11.6 Å². The Bertz CT molecular complexity index is 1020. The van der Waals surface area contributed by atoms with Crippen molar-refractivity contribution in [2.75, 3.05) is 32.0 Å². The molecule has 0 aromatic carbocycles. The number of aromatic nitrogens is 3.